The van der Waals surface area contributed by atoms with Gasteiger partial charge in [-0.3, -0.25) is 19.5 Å². The molecule has 3 heterocycles. The molecule has 0 saturated heterocycles. The number of rotatable bonds is 7. The van der Waals surface area contributed by atoms with E-state index in [1.165, 1.54) is 48.8 Å². The molecule has 0 radical (unpaired) electrons. The molecule has 5 nitrogen and oxygen atoms in total. The van der Waals surface area contributed by atoms with Crippen LogP contribution in [0, 0.1) is 0 Å². The van der Waals surface area contributed by atoms with Crippen LogP contribution in [0.4, 0.5) is 0 Å². The number of aromatic nitrogens is 4. The third kappa shape index (κ3) is 5.01. The molecule has 0 bridgehead atoms. The number of nitrogens with zero attached hydrogens (tertiary/aromatic N) is 5. The van der Waals surface area contributed by atoms with Crippen molar-refractivity contribution >= 4 is 0 Å². The average Bonchev–Trinajstić information content (AvgIpc) is 3.19. The molecule has 3 aromatic rings. The van der Waals surface area contributed by atoms with E-state index in [-0.39, 0.29) is 0 Å². The van der Waals surface area contributed by atoms with Gasteiger partial charge in [0.1, 0.15) is 0 Å². The molecule has 0 spiro atoms. The lowest BCUT2D eigenvalue weighted by atomic mass is 9.96. The first kappa shape index (κ1) is 17.9. The lowest BCUT2D eigenvalue weighted by Crippen LogP contribution is -2.22. The highest BCUT2D eigenvalue weighted by molar-refractivity contribution is 5.13. The predicted octanol–water partition coefficient (Wildman–Crippen LogP) is 4.38. The van der Waals surface area contributed by atoms with Gasteiger partial charge in [-0.15, -0.1) is 0 Å². The Hall–Kier alpha value is -2.53. The van der Waals surface area contributed by atoms with E-state index in [1.54, 1.807) is 0 Å². The van der Waals surface area contributed by atoms with Crippen LogP contribution in [0.15, 0.2) is 61.4 Å². The van der Waals surface area contributed by atoms with E-state index in [4.69, 9.17) is 0 Å². The van der Waals surface area contributed by atoms with Gasteiger partial charge in [-0.1, -0.05) is 25.3 Å². The summed E-state index contributed by atoms with van der Waals surface area (Å²) in [6.45, 7) is 2.63. The van der Waals surface area contributed by atoms with Gasteiger partial charge in [0.15, 0.2) is 0 Å². The minimum Gasteiger partial charge on any atom is -0.290 e. The first-order valence-corrected chi connectivity index (χ1v) is 9.90. The molecule has 1 saturated carbocycles. The summed E-state index contributed by atoms with van der Waals surface area (Å²) in [7, 11) is 0. The summed E-state index contributed by atoms with van der Waals surface area (Å²) in [5.41, 5.74) is 3.78. The van der Waals surface area contributed by atoms with E-state index in [0.29, 0.717) is 6.04 Å². The summed E-state index contributed by atoms with van der Waals surface area (Å²) in [5, 5.41) is 4.67. The Labute approximate surface area is 161 Å². The molecular weight excluding hydrogens is 334 g/mol. The minimum atomic E-state index is 0.583. The highest BCUT2D eigenvalue weighted by atomic mass is 15.3. The van der Waals surface area contributed by atoms with Crippen LogP contribution in [0.25, 0.3) is 0 Å². The average molecular weight is 361 g/mol. The molecule has 0 aliphatic heterocycles. The summed E-state index contributed by atoms with van der Waals surface area (Å²) < 4.78 is 2.20. The van der Waals surface area contributed by atoms with Gasteiger partial charge < -0.3 is 0 Å². The molecule has 1 aliphatic rings. The van der Waals surface area contributed by atoms with E-state index >= 15 is 0 Å². The second kappa shape index (κ2) is 8.91. The summed E-state index contributed by atoms with van der Waals surface area (Å²) in [6, 6.07) is 8.89. The van der Waals surface area contributed by atoms with Crippen molar-refractivity contribution < 1.29 is 0 Å². The SMILES string of the molecule is c1cncc(CN(Cc2ccncc2)Cc2cnn(C3CCCCC3)c2)c1. The van der Waals surface area contributed by atoms with Crippen LogP contribution < -0.4 is 0 Å². The van der Waals surface area contributed by atoms with Crippen molar-refractivity contribution in [2.45, 2.75) is 57.8 Å². The summed E-state index contributed by atoms with van der Waals surface area (Å²) in [4.78, 5) is 10.8. The van der Waals surface area contributed by atoms with Gasteiger partial charge >= 0.3 is 0 Å². The van der Waals surface area contributed by atoms with E-state index in [2.05, 4.69) is 49.0 Å². The van der Waals surface area contributed by atoms with E-state index < -0.39 is 0 Å². The molecule has 0 N–H and O–H groups in total. The van der Waals surface area contributed by atoms with Crippen molar-refractivity contribution in [3.05, 3.63) is 78.1 Å². The zero-order valence-corrected chi connectivity index (χ0v) is 15.7. The Bertz CT molecular complexity index is 767. The van der Waals surface area contributed by atoms with Crippen molar-refractivity contribution in [1.29, 1.82) is 0 Å². The molecule has 5 heteroatoms. The third-order valence-electron chi connectivity index (χ3n) is 5.29. The highest BCUT2D eigenvalue weighted by Gasteiger charge is 2.17. The van der Waals surface area contributed by atoms with Gasteiger partial charge in [0, 0.05) is 56.2 Å². The Morgan fingerprint density at radius 2 is 1.59 bits per heavy atom. The van der Waals surface area contributed by atoms with Crippen LogP contribution in [-0.2, 0) is 19.6 Å². The number of hydrogen-bond acceptors (Lipinski definition) is 4. The Kier molecular flexibility index (Phi) is 5.89. The molecule has 4 rings (SSSR count). The van der Waals surface area contributed by atoms with Crippen LogP contribution in [0.3, 0.4) is 0 Å². The lowest BCUT2D eigenvalue weighted by Gasteiger charge is -2.23. The number of hydrogen-bond donors (Lipinski definition) is 0. The van der Waals surface area contributed by atoms with Crippen LogP contribution >= 0.6 is 0 Å². The van der Waals surface area contributed by atoms with Crippen LogP contribution in [0.2, 0.25) is 0 Å². The maximum atomic E-state index is 4.67. The van der Waals surface area contributed by atoms with Crippen molar-refractivity contribution in [2.24, 2.45) is 0 Å². The Morgan fingerprint density at radius 3 is 2.37 bits per heavy atom. The van der Waals surface area contributed by atoms with Gasteiger partial charge in [-0.2, -0.15) is 5.10 Å². The standard InChI is InChI=1S/C22H27N5/c1-2-6-22(7-3-1)27-18-21(14-25-27)17-26(15-19-8-11-23-12-9-19)16-20-5-4-10-24-13-20/h4-5,8-14,18,22H,1-3,6-7,15-17H2. The van der Waals surface area contributed by atoms with Gasteiger partial charge in [0.05, 0.1) is 12.2 Å². The first-order valence-electron chi connectivity index (χ1n) is 9.90. The van der Waals surface area contributed by atoms with Gasteiger partial charge in [-0.25, -0.2) is 0 Å². The maximum absolute atomic E-state index is 4.67. The van der Waals surface area contributed by atoms with E-state index in [9.17, 15) is 0 Å². The molecule has 0 aromatic carbocycles. The molecule has 3 aromatic heterocycles. The van der Waals surface area contributed by atoms with Crippen LogP contribution in [0.1, 0.15) is 54.8 Å². The highest BCUT2D eigenvalue weighted by Crippen LogP contribution is 2.27. The van der Waals surface area contributed by atoms with Crippen LogP contribution in [0.5, 0.6) is 0 Å². The molecule has 0 unspecified atom stereocenters. The van der Waals surface area contributed by atoms with Crippen molar-refractivity contribution in [3.8, 4) is 0 Å². The maximum Gasteiger partial charge on any atom is 0.0534 e. The fraction of sp³-hybridized carbons (Fsp3) is 0.409. The third-order valence-corrected chi connectivity index (χ3v) is 5.29. The van der Waals surface area contributed by atoms with Crippen molar-refractivity contribution in [2.75, 3.05) is 0 Å². The number of pyridine rings is 2. The molecular formula is C22H27N5. The van der Waals surface area contributed by atoms with Crippen molar-refractivity contribution in [1.82, 2.24) is 24.6 Å². The van der Waals surface area contributed by atoms with E-state index in [1.807, 2.05) is 37.1 Å². The molecule has 0 amide bonds. The fourth-order valence-electron chi connectivity index (χ4n) is 3.93. The zero-order chi connectivity index (χ0) is 18.3. The fourth-order valence-corrected chi connectivity index (χ4v) is 3.93. The minimum absolute atomic E-state index is 0.583. The summed E-state index contributed by atoms with van der Waals surface area (Å²) in [6.07, 6.45) is 18.3. The zero-order valence-electron chi connectivity index (χ0n) is 15.7. The second-order valence-corrected chi connectivity index (χ2v) is 7.48. The van der Waals surface area contributed by atoms with Gasteiger partial charge in [0.25, 0.3) is 0 Å². The first-order chi connectivity index (χ1) is 13.4. The summed E-state index contributed by atoms with van der Waals surface area (Å²) >= 11 is 0. The summed E-state index contributed by atoms with van der Waals surface area (Å²) in [5.74, 6) is 0. The molecule has 27 heavy (non-hydrogen) atoms. The largest absolute Gasteiger partial charge is 0.290 e. The van der Waals surface area contributed by atoms with Gasteiger partial charge in [0.2, 0.25) is 0 Å². The molecule has 0 atom stereocenters. The van der Waals surface area contributed by atoms with Crippen LogP contribution in [-0.4, -0.2) is 24.6 Å². The Morgan fingerprint density at radius 1 is 0.815 bits per heavy atom. The second-order valence-electron chi connectivity index (χ2n) is 7.48. The molecule has 140 valence electrons. The van der Waals surface area contributed by atoms with Crippen molar-refractivity contribution in [3.63, 3.8) is 0 Å². The monoisotopic (exact) mass is 361 g/mol. The molecule has 1 aliphatic carbocycles. The predicted molar refractivity (Wildman–Crippen MR) is 106 cm³/mol. The molecule has 1 fully saturated rings. The quantitative estimate of drug-likeness (QED) is 0.626. The van der Waals surface area contributed by atoms with E-state index in [0.717, 1.165) is 19.6 Å². The topological polar surface area (TPSA) is 46.8 Å². The normalized spacial score (nSPS) is 15.3. The van der Waals surface area contributed by atoms with Gasteiger partial charge in [-0.05, 0) is 42.2 Å². The lowest BCUT2D eigenvalue weighted by molar-refractivity contribution is 0.247. The smallest absolute Gasteiger partial charge is 0.0534 e. The Balaban J connectivity index is 1.47.